The molecule has 0 atom stereocenters. The number of alkyl halides is 3. The maximum absolute atomic E-state index is 12.8. The van der Waals surface area contributed by atoms with Gasteiger partial charge in [-0.15, -0.1) is 5.10 Å². The molecule has 0 bridgehead atoms. The SMILES string of the molecule is Cc1ccc(-n2nnnc2CNC(=O)c2cccc(C(F)(F)F)c2)cc1C. The van der Waals surface area contributed by atoms with Gasteiger partial charge in [0.1, 0.15) is 0 Å². The monoisotopic (exact) mass is 375 g/mol. The molecule has 1 aromatic heterocycles. The summed E-state index contributed by atoms with van der Waals surface area (Å²) in [5, 5.41) is 13.9. The molecule has 0 radical (unpaired) electrons. The van der Waals surface area contributed by atoms with Crippen LogP contribution >= 0.6 is 0 Å². The molecular formula is C18H16F3N5O. The van der Waals surface area contributed by atoms with E-state index in [2.05, 4.69) is 20.8 Å². The third-order valence-electron chi connectivity index (χ3n) is 4.13. The van der Waals surface area contributed by atoms with Crippen LogP contribution < -0.4 is 5.32 Å². The first kappa shape index (κ1) is 18.6. The van der Waals surface area contributed by atoms with Gasteiger partial charge >= 0.3 is 6.18 Å². The Morgan fingerprint density at radius 1 is 1.11 bits per heavy atom. The fraction of sp³-hybridized carbons (Fsp3) is 0.222. The fourth-order valence-corrected chi connectivity index (χ4v) is 2.47. The number of aryl methyl sites for hydroxylation is 2. The minimum absolute atomic E-state index is 0.0327. The molecule has 6 nitrogen and oxygen atoms in total. The second-order valence-electron chi connectivity index (χ2n) is 6.04. The molecule has 1 amide bonds. The minimum atomic E-state index is -4.51. The van der Waals surface area contributed by atoms with Gasteiger partial charge in [-0.25, -0.2) is 0 Å². The van der Waals surface area contributed by atoms with Gasteiger partial charge < -0.3 is 5.32 Å². The zero-order valence-corrected chi connectivity index (χ0v) is 14.6. The predicted molar refractivity (Wildman–Crippen MR) is 91.2 cm³/mol. The molecule has 1 heterocycles. The van der Waals surface area contributed by atoms with Gasteiger partial charge in [-0.05, 0) is 65.7 Å². The number of carbonyl (C=O) groups excluding carboxylic acids is 1. The van der Waals surface area contributed by atoms with Crippen LogP contribution in [0.2, 0.25) is 0 Å². The van der Waals surface area contributed by atoms with Crippen LogP contribution in [0.25, 0.3) is 5.69 Å². The van der Waals surface area contributed by atoms with E-state index >= 15 is 0 Å². The standard InChI is InChI=1S/C18H16F3N5O/c1-11-6-7-15(8-12(11)2)26-16(23-24-25-26)10-22-17(27)13-4-3-5-14(9-13)18(19,20)21/h3-9H,10H2,1-2H3,(H,22,27). The van der Waals surface area contributed by atoms with E-state index in [0.29, 0.717) is 5.82 Å². The first-order valence-corrected chi connectivity index (χ1v) is 8.06. The Labute approximate surface area is 153 Å². The molecule has 0 aliphatic rings. The molecule has 0 unspecified atom stereocenters. The number of halogens is 3. The fourth-order valence-electron chi connectivity index (χ4n) is 2.47. The van der Waals surface area contributed by atoms with Crippen molar-refractivity contribution >= 4 is 5.91 Å². The summed E-state index contributed by atoms with van der Waals surface area (Å²) in [4.78, 5) is 12.2. The lowest BCUT2D eigenvalue weighted by Crippen LogP contribution is -2.25. The van der Waals surface area contributed by atoms with Gasteiger partial charge in [0.2, 0.25) is 0 Å². The van der Waals surface area contributed by atoms with Crippen molar-refractivity contribution in [1.29, 1.82) is 0 Å². The summed E-state index contributed by atoms with van der Waals surface area (Å²) in [5.74, 6) is -0.283. The van der Waals surface area contributed by atoms with Crippen LogP contribution in [0, 0.1) is 13.8 Å². The van der Waals surface area contributed by atoms with Crippen LogP contribution in [0.15, 0.2) is 42.5 Å². The highest BCUT2D eigenvalue weighted by Crippen LogP contribution is 2.29. The van der Waals surface area contributed by atoms with Gasteiger partial charge in [0, 0.05) is 5.56 Å². The maximum atomic E-state index is 12.8. The zero-order chi connectivity index (χ0) is 19.6. The summed E-state index contributed by atoms with van der Waals surface area (Å²) < 4.78 is 39.8. The van der Waals surface area contributed by atoms with E-state index in [9.17, 15) is 18.0 Å². The van der Waals surface area contributed by atoms with Gasteiger partial charge in [0.15, 0.2) is 5.82 Å². The lowest BCUT2D eigenvalue weighted by Gasteiger charge is -2.10. The largest absolute Gasteiger partial charge is 0.416 e. The molecule has 2 aromatic carbocycles. The highest BCUT2D eigenvalue weighted by atomic mass is 19.4. The van der Waals surface area contributed by atoms with Crippen LogP contribution in [0.3, 0.4) is 0 Å². The summed E-state index contributed by atoms with van der Waals surface area (Å²) in [5.41, 5.74) is 1.93. The Hall–Kier alpha value is -3.23. The molecule has 0 aliphatic carbocycles. The number of hydrogen-bond donors (Lipinski definition) is 1. The quantitative estimate of drug-likeness (QED) is 0.760. The van der Waals surface area contributed by atoms with E-state index in [4.69, 9.17) is 0 Å². The molecule has 140 valence electrons. The number of carbonyl (C=O) groups is 1. The molecule has 0 saturated carbocycles. The molecule has 0 spiro atoms. The molecule has 1 N–H and O–H groups in total. The molecule has 0 fully saturated rings. The van der Waals surface area contributed by atoms with Gasteiger partial charge in [-0.2, -0.15) is 17.9 Å². The third kappa shape index (κ3) is 4.13. The number of rotatable bonds is 4. The van der Waals surface area contributed by atoms with E-state index in [1.165, 1.54) is 16.8 Å². The molecule has 9 heteroatoms. The summed E-state index contributed by atoms with van der Waals surface area (Å²) in [6.07, 6.45) is -4.51. The van der Waals surface area contributed by atoms with Crippen molar-refractivity contribution < 1.29 is 18.0 Å². The van der Waals surface area contributed by atoms with Crippen molar-refractivity contribution in [3.8, 4) is 5.69 Å². The third-order valence-corrected chi connectivity index (χ3v) is 4.13. The van der Waals surface area contributed by atoms with Crippen LogP contribution in [0.1, 0.15) is 32.9 Å². The summed E-state index contributed by atoms with van der Waals surface area (Å²) in [6.45, 7) is 3.90. The summed E-state index contributed by atoms with van der Waals surface area (Å²) >= 11 is 0. The number of aromatic nitrogens is 4. The molecule has 0 aliphatic heterocycles. The molecule has 3 aromatic rings. The molecule has 0 saturated heterocycles. The van der Waals surface area contributed by atoms with Crippen molar-refractivity contribution in [2.75, 3.05) is 0 Å². The smallest absolute Gasteiger partial charge is 0.345 e. The van der Waals surface area contributed by atoms with Gasteiger partial charge in [0.25, 0.3) is 5.91 Å². The summed E-state index contributed by atoms with van der Waals surface area (Å²) in [7, 11) is 0. The zero-order valence-electron chi connectivity index (χ0n) is 14.6. The second-order valence-corrected chi connectivity index (χ2v) is 6.04. The second kappa shape index (κ2) is 7.18. The average Bonchev–Trinajstić information content (AvgIpc) is 3.10. The van der Waals surface area contributed by atoms with E-state index in [1.807, 2.05) is 32.0 Å². The van der Waals surface area contributed by atoms with Crippen molar-refractivity contribution in [3.05, 3.63) is 70.5 Å². The van der Waals surface area contributed by atoms with Crippen LogP contribution in [-0.2, 0) is 12.7 Å². The normalized spacial score (nSPS) is 11.4. The lowest BCUT2D eigenvalue weighted by atomic mass is 10.1. The number of amides is 1. The van der Waals surface area contributed by atoms with Crippen LogP contribution in [0.5, 0.6) is 0 Å². The Balaban J connectivity index is 1.76. The molecule has 3 rings (SSSR count). The highest BCUT2D eigenvalue weighted by molar-refractivity contribution is 5.94. The topological polar surface area (TPSA) is 72.7 Å². The summed E-state index contributed by atoms with van der Waals surface area (Å²) in [6, 6.07) is 9.91. The van der Waals surface area contributed by atoms with Gasteiger partial charge in [-0.1, -0.05) is 12.1 Å². The molecular weight excluding hydrogens is 359 g/mol. The number of nitrogens with zero attached hydrogens (tertiary/aromatic N) is 4. The Kier molecular flexibility index (Phi) is 4.93. The van der Waals surface area contributed by atoms with E-state index in [1.54, 1.807) is 0 Å². The average molecular weight is 375 g/mol. The maximum Gasteiger partial charge on any atom is 0.416 e. The van der Waals surface area contributed by atoms with Gasteiger partial charge in [-0.3, -0.25) is 4.79 Å². The van der Waals surface area contributed by atoms with Crippen molar-refractivity contribution in [3.63, 3.8) is 0 Å². The minimum Gasteiger partial charge on any atom is -0.345 e. The van der Waals surface area contributed by atoms with Crippen molar-refractivity contribution in [2.24, 2.45) is 0 Å². The van der Waals surface area contributed by atoms with E-state index in [-0.39, 0.29) is 12.1 Å². The lowest BCUT2D eigenvalue weighted by molar-refractivity contribution is -0.137. The first-order valence-electron chi connectivity index (χ1n) is 8.06. The predicted octanol–water partition coefficient (Wildman–Crippen LogP) is 3.23. The number of hydrogen-bond acceptors (Lipinski definition) is 4. The van der Waals surface area contributed by atoms with Crippen molar-refractivity contribution in [2.45, 2.75) is 26.6 Å². The van der Waals surface area contributed by atoms with E-state index < -0.39 is 17.6 Å². The number of nitrogens with one attached hydrogen (secondary N) is 1. The Bertz CT molecular complexity index is 981. The number of benzene rings is 2. The Morgan fingerprint density at radius 3 is 2.59 bits per heavy atom. The van der Waals surface area contributed by atoms with Crippen LogP contribution in [-0.4, -0.2) is 26.1 Å². The molecule has 27 heavy (non-hydrogen) atoms. The van der Waals surface area contributed by atoms with Gasteiger partial charge in [0.05, 0.1) is 17.8 Å². The van der Waals surface area contributed by atoms with Crippen molar-refractivity contribution in [1.82, 2.24) is 25.5 Å². The first-order chi connectivity index (χ1) is 12.8. The highest BCUT2D eigenvalue weighted by Gasteiger charge is 2.30. The van der Waals surface area contributed by atoms with Crippen LogP contribution in [0.4, 0.5) is 13.2 Å². The van der Waals surface area contributed by atoms with E-state index in [0.717, 1.165) is 28.9 Å². The Morgan fingerprint density at radius 2 is 1.89 bits per heavy atom. The number of tetrazole rings is 1.